The molecule has 1 fully saturated rings. The predicted octanol–water partition coefficient (Wildman–Crippen LogP) is 1.34. The molecular formula is C7H11F3O2. The summed E-state index contributed by atoms with van der Waals surface area (Å²) in [6, 6.07) is 0. The van der Waals surface area contributed by atoms with Crippen molar-refractivity contribution in [3.8, 4) is 0 Å². The molecule has 72 valence electrons. The second-order valence-corrected chi connectivity index (χ2v) is 3.05. The summed E-state index contributed by atoms with van der Waals surface area (Å²) in [5, 5.41) is 8.70. The molecule has 0 amide bonds. The highest BCUT2D eigenvalue weighted by molar-refractivity contribution is 4.87. The average molecular weight is 184 g/mol. The highest BCUT2D eigenvalue weighted by Crippen LogP contribution is 2.45. The summed E-state index contributed by atoms with van der Waals surface area (Å²) in [5.74, 6) is 0. The van der Waals surface area contributed by atoms with Crippen molar-refractivity contribution in [1.82, 2.24) is 0 Å². The second-order valence-electron chi connectivity index (χ2n) is 3.05. The molecule has 0 unspecified atom stereocenters. The lowest BCUT2D eigenvalue weighted by atomic mass is 9.80. The van der Waals surface area contributed by atoms with Gasteiger partial charge in [-0.1, -0.05) is 0 Å². The van der Waals surface area contributed by atoms with E-state index in [1.807, 2.05) is 0 Å². The first-order valence-electron chi connectivity index (χ1n) is 3.77. The maximum atomic E-state index is 12.4. The van der Waals surface area contributed by atoms with Gasteiger partial charge in [0.25, 0.3) is 0 Å². The molecule has 0 aromatic carbocycles. The fourth-order valence-corrected chi connectivity index (χ4v) is 1.29. The summed E-state index contributed by atoms with van der Waals surface area (Å²) in [5.41, 5.74) is -1.91. The van der Waals surface area contributed by atoms with E-state index in [9.17, 15) is 13.2 Å². The van der Waals surface area contributed by atoms with Gasteiger partial charge in [-0.15, -0.1) is 0 Å². The molecule has 0 radical (unpaired) electrons. The average Bonchev–Trinajstić information content (AvgIpc) is 2.04. The number of halogens is 3. The Morgan fingerprint density at radius 1 is 1.25 bits per heavy atom. The van der Waals surface area contributed by atoms with E-state index in [1.165, 1.54) is 0 Å². The van der Waals surface area contributed by atoms with E-state index in [0.29, 0.717) is 0 Å². The van der Waals surface area contributed by atoms with E-state index in [1.54, 1.807) is 0 Å². The minimum atomic E-state index is -4.31. The molecule has 0 aliphatic carbocycles. The number of hydrogen-bond acceptors (Lipinski definition) is 2. The highest BCUT2D eigenvalue weighted by atomic mass is 19.4. The normalized spacial score (nSPS) is 24.0. The van der Waals surface area contributed by atoms with Crippen molar-refractivity contribution in [3.63, 3.8) is 0 Å². The van der Waals surface area contributed by atoms with Crippen LogP contribution < -0.4 is 0 Å². The molecule has 2 nitrogen and oxygen atoms in total. The zero-order valence-corrected chi connectivity index (χ0v) is 6.52. The van der Waals surface area contributed by atoms with Gasteiger partial charge in [-0.2, -0.15) is 13.2 Å². The van der Waals surface area contributed by atoms with E-state index in [2.05, 4.69) is 0 Å². The van der Waals surface area contributed by atoms with Gasteiger partial charge in [0.1, 0.15) is 0 Å². The van der Waals surface area contributed by atoms with Gasteiger partial charge in [-0.25, -0.2) is 0 Å². The van der Waals surface area contributed by atoms with Gasteiger partial charge in [0.2, 0.25) is 0 Å². The van der Waals surface area contributed by atoms with Crippen molar-refractivity contribution in [2.24, 2.45) is 5.41 Å². The summed E-state index contributed by atoms with van der Waals surface area (Å²) < 4.78 is 42.0. The topological polar surface area (TPSA) is 29.5 Å². The molecule has 12 heavy (non-hydrogen) atoms. The van der Waals surface area contributed by atoms with Crippen molar-refractivity contribution in [2.45, 2.75) is 19.0 Å². The van der Waals surface area contributed by atoms with Gasteiger partial charge in [0.15, 0.2) is 0 Å². The molecular weight excluding hydrogens is 173 g/mol. The van der Waals surface area contributed by atoms with Crippen LogP contribution in [0.4, 0.5) is 13.2 Å². The van der Waals surface area contributed by atoms with Gasteiger partial charge in [0.05, 0.1) is 12.0 Å². The lowest BCUT2D eigenvalue weighted by molar-refractivity contribution is -0.256. The molecule has 1 aliphatic heterocycles. The maximum Gasteiger partial charge on any atom is 0.396 e. The van der Waals surface area contributed by atoms with Gasteiger partial charge < -0.3 is 9.84 Å². The number of aliphatic hydroxyl groups is 1. The van der Waals surface area contributed by atoms with Gasteiger partial charge in [-0.05, 0) is 12.8 Å². The molecule has 0 bridgehead atoms. The minimum absolute atomic E-state index is 0.0834. The third-order valence-corrected chi connectivity index (χ3v) is 2.35. The Hall–Kier alpha value is -0.290. The Kier molecular flexibility index (Phi) is 2.63. The molecule has 0 aromatic heterocycles. The summed E-state index contributed by atoms with van der Waals surface area (Å²) in [6.07, 6.45) is -4.58. The Morgan fingerprint density at radius 3 is 2.00 bits per heavy atom. The first-order chi connectivity index (χ1) is 5.52. The third kappa shape index (κ3) is 1.56. The van der Waals surface area contributed by atoms with Crippen LogP contribution in [0.15, 0.2) is 0 Å². The largest absolute Gasteiger partial charge is 0.396 e. The van der Waals surface area contributed by atoms with Crippen LogP contribution in [0.5, 0.6) is 0 Å². The van der Waals surface area contributed by atoms with E-state index < -0.39 is 18.2 Å². The van der Waals surface area contributed by atoms with Crippen LogP contribution in [-0.2, 0) is 4.74 Å². The summed E-state index contributed by atoms with van der Waals surface area (Å²) in [7, 11) is 0. The molecule has 1 heterocycles. The quantitative estimate of drug-likeness (QED) is 0.666. The standard InChI is InChI=1S/C7H11F3O2/c8-7(9,10)6(5-11)1-3-12-4-2-6/h11H,1-5H2. The second kappa shape index (κ2) is 3.22. The number of aliphatic hydroxyl groups excluding tert-OH is 1. The molecule has 0 spiro atoms. The summed E-state index contributed by atoms with van der Waals surface area (Å²) in [4.78, 5) is 0. The third-order valence-electron chi connectivity index (χ3n) is 2.35. The van der Waals surface area contributed by atoms with Crippen molar-refractivity contribution >= 4 is 0 Å². The first-order valence-corrected chi connectivity index (χ1v) is 3.77. The lowest BCUT2D eigenvalue weighted by Gasteiger charge is -2.36. The van der Waals surface area contributed by atoms with Crippen LogP contribution in [-0.4, -0.2) is 31.1 Å². The Bertz CT molecular complexity index is 149. The van der Waals surface area contributed by atoms with Crippen LogP contribution in [0.2, 0.25) is 0 Å². The van der Waals surface area contributed by atoms with Crippen LogP contribution in [0.3, 0.4) is 0 Å². The van der Waals surface area contributed by atoms with Gasteiger partial charge in [-0.3, -0.25) is 0 Å². The fraction of sp³-hybridized carbons (Fsp3) is 1.00. The van der Waals surface area contributed by atoms with Crippen molar-refractivity contribution in [1.29, 1.82) is 0 Å². The van der Waals surface area contributed by atoms with Crippen molar-refractivity contribution in [2.75, 3.05) is 19.8 Å². The molecule has 5 heteroatoms. The smallest absolute Gasteiger partial charge is 0.395 e. The fourth-order valence-electron chi connectivity index (χ4n) is 1.29. The molecule has 1 N–H and O–H groups in total. The molecule has 1 rings (SSSR count). The minimum Gasteiger partial charge on any atom is -0.395 e. The first kappa shape index (κ1) is 9.80. The lowest BCUT2D eigenvalue weighted by Crippen LogP contribution is -2.45. The van der Waals surface area contributed by atoms with E-state index in [-0.39, 0.29) is 26.1 Å². The SMILES string of the molecule is OCC1(C(F)(F)F)CCOCC1. The van der Waals surface area contributed by atoms with E-state index in [0.717, 1.165) is 0 Å². The molecule has 1 aliphatic rings. The Labute approximate surface area is 68.3 Å². The molecule has 0 atom stereocenters. The van der Waals surface area contributed by atoms with Crippen molar-refractivity contribution < 1.29 is 23.0 Å². The Morgan fingerprint density at radius 2 is 1.75 bits per heavy atom. The summed E-state index contributed by atoms with van der Waals surface area (Å²) >= 11 is 0. The molecule has 0 saturated carbocycles. The van der Waals surface area contributed by atoms with Gasteiger partial charge in [0, 0.05) is 13.2 Å². The van der Waals surface area contributed by atoms with Crippen molar-refractivity contribution in [3.05, 3.63) is 0 Å². The zero-order valence-electron chi connectivity index (χ0n) is 6.52. The summed E-state index contributed by atoms with van der Waals surface area (Å²) in [6.45, 7) is -0.667. The van der Waals surface area contributed by atoms with E-state index in [4.69, 9.17) is 9.84 Å². The van der Waals surface area contributed by atoms with Crippen LogP contribution in [0.1, 0.15) is 12.8 Å². The van der Waals surface area contributed by atoms with E-state index >= 15 is 0 Å². The van der Waals surface area contributed by atoms with Gasteiger partial charge >= 0.3 is 6.18 Å². The monoisotopic (exact) mass is 184 g/mol. The Balaban J connectivity index is 2.73. The molecule has 1 saturated heterocycles. The van der Waals surface area contributed by atoms with Crippen LogP contribution in [0, 0.1) is 5.41 Å². The number of rotatable bonds is 1. The number of ether oxygens (including phenoxy) is 1. The zero-order chi connectivity index (χ0) is 9.24. The van der Waals surface area contributed by atoms with Crippen LogP contribution in [0.25, 0.3) is 0 Å². The molecule has 0 aromatic rings. The number of hydrogen-bond donors (Lipinski definition) is 1. The highest BCUT2D eigenvalue weighted by Gasteiger charge is 2.54. The maximum absolute atomic E-state index is 12.4. The number of alkyl halides is 3. The predicted molar refractivity (Wildman–Crippen MR) is 35.6 cm³/mol. The van der Waals surface area contributed by atoms with Crippen LogP contribution >= 0.6 is 0 Å².